The number of carbonyl (C=O) groups excluding carboxylic acids is 7. The normalized spacial score (nSPS) is 27.0. The van der Waals surface area contributed by atoms with Gasteiger partial charge in [-0.3, -0.25) is 28.8 Å². The van der Waals surface area contributed by atoms with Crippen LogP contribution in [0.1, 0.15) is 146 Å². The number of nitrogens with one attached hydrogen (secondary N) is 2. The first-order chi connectivity index (χ1) is 60.7. The van der Waals surface area contributed by atoms with Gasteiger partial charge in [-0.25, -0.2) is 9.78 Å². The van der Waals surface area contributed by atoms with Gasteiger partial charge in [-0.2, -0.15) is 0 Å². The summed E-state index contributed by atoms with van der Waals surface area (Å²) in [7, 11) is 3.13. The molecule has 3 aromatic rings. The lowest BCUT2D eigenvalue weighted by Crippen LogP contribution is -2.61. The van der Waals surface area contributed by atoms with Crippen LogP contribution in [0.2, 0.25) is 0 Å². The fourth-order valence-corrected chi connectivity index (χ4v) is 17.0. The van der Waals surface area contributed by atoms with Crippen LogP contribution >= 0.6 is 24.0 Å². The Morgan fingerprint density at radius 3 is 2.00 bits per heavy atom. The number of hydrogen-bond donors (Lipinski definition) is 7. The number of nitrogens with two attached hydrogens (primary N) is 2. The Hall–Kier alpha value is -7.52. The Morgan fingerprint density at radius 2 is 1.36 bits per heavy atom. The number of aromatic nitrogens is 1. The number of fused-ring (bicyclic) bond motifs is 4. The Bertz CT molecular complexity index is 4040. The highest BCUT2D eigenvalue weighted by Crippen LogP contribution is 2.39. The number of aliphatic hydroxyl groups is 3. The van der Waals surface area contributed by atoms with Crippen molar-refractivity contribution in [1.82, 2.24) is 25.4 Å². The highest BCUT2D eigenvalue weighted by atomic mass is 32.2. The molecule has 5 aliphatic rings. The zero-order valence-corrected chi connectivity index (χ0v) is 76.6. The maximum Gasteiger partial charge on any atom is 0.329 e. The van der Waals surface area contributed by atoms with Crippen LogP contribution in [0.3, 0.4) is 0 Å². The number of hydrogen-bond acceptors (Lipinski definition) is 29. The number of carbonyl (C=O) groups is 7. The average Bonchev–Trinajstić information content (AvgIpc) is 0.822. The highest BCUT2D eigenvalue weighted by molar-refractivity contribution is 7.99. The maximum atomic E-state index is 14.7. The van der Waals surface area contributed by atoms with E-state index in [4.69, 9.17) is 90.0 Å². The summed E-state index contributed by atoms with van der Waals surface area (Å²) in [5.41, 5.74) is 18.2. The summed E-state index contributed by atoms with van der Waals surface area (Å²) in [6, 6.07) is 13.3. The van der Waals surface area contributed by atoms with Gasteiger partial charge in [0.25, 0.3) is 22.8 Å². The van der Waals surface area contributed by atoms with Gasteiger partial charge in [0.05, 0.1) is 131 Å². The number of nitrogen functional groups attached to an aromatic ring is 1. The summed E-state index contributed by atoms with van der Waals surface area (Å²) in [5, 5.41) is 40.8. The molecule has 700 valence electrons. The van der Waals surface area contributed by atoms with Crippen molar-refractivity contribution in [2.75, 3.05) is 164 Å². The molecule has 33 heteroatoms. The molecule has 9 N–H and O–H groups in total. The second kappa shape index (κ2) is 55.5. The van der Waals surface area contributed by atoms with Gasteiger partial charge >= 0.3 is 5.97 Å². The number of pyridine rings is 1. The number of amides is 3. The van der Waals surface area contributed by atoms with Crippen molar-refractivity contribution in [2.45, 2.75) is 204 Å². The summed E-state index contributed by atoms with van der Waals surface area (Å²) < 4.78 is 81.4. The van der Waals surface area contributed by atoms with Gasteiger partial charge in [-0.1, -0.05) is 70.2 Å². The Labute approximate surface area is 752 Å². The van der Waals surface area contributed by atoms with Gasteiger partial charge in [-0.05, 0) is 174 Å². The molecule has 0 spiro atoms. The van der Waals surface area contributed by atoms with E-state index in [-0.39, 0.29) is 79.7 Å². The standard InChI is InChI=1S/C93H137N7O24S2/c1-61-15-11-10-12-16-62(2)80(111-8)57-72-22-18-67(7)93(110,124-72)88(106)90(108)100-31-14-13-17-76(100)91(109)122-81(58-77(101)64(4)52-66(6)86(104)87(105)85(103)65(5)51-61)75(94)54-68-19-25-79(82(55-68)112-9)123-92(125)97-29-34-114-37-39-116-41-43-118-45-47-120-49-48-119-46-44-117-42-40-115-38-36-113-33-28-84(102)96-30-50-126-73-23-24-74(63(3)53-73)89(107)99-32-35-121-78-26-20-69(56-71(78)60-99)70-21-27-83(95)98-59-70/h10-12,15-16,20-21,23-24,26-27,52-53,56,59,61,64-65,67-68,72,75-76,79-82,86-87,104-105,110H,13-14,17-19,22,25,28-51,54-55,57-58,60,94H2,1-9H3,(H2,95,98)(H,96,102)(H,97,125)/b12-10+,15-11+,62-16+,66-52+/t61-,64-,65-,67-,68+,72+,75-,76+,79-,80+,81+,82-,86-,87+,93-/m1/s1. The van der Waals surface area contributed by atoms with Gasteiger partial charge in [0.1, 0.15) is 54.4 Å². The van der Waals surface area contributed by atoms with Gasteiger partial charge in [-0.15, -0.1) is 11.8 Å². The Kier molecular flexibility index (Phi) is 45.7. The molecule has 2 aromatic carbocycles. The van der Waals surface area contributed by atoms with E-state index in [1.54, 1.807) is 59.0 Å². The molecule has 31 nitrogen and oxygen atoms in total. The third-order valence-corrected chi connectivity index (χ3v) is 24.6. The van der Waals surface area contributed by atoms with E-state index in [1.165, 1.54) is 13.0 Å². The number of esters is 1. The molecule has 3 fully saturated rings. The van der Waals surface area contributed by atoms with Crippen molar-refractivity contribution >= 4 is 76.0 Å². The third kappa shape index (κ3) is 34.1. The first kappa shape index (κ1) is 104. The van der Waals surface area contributed by atoms with Crippen molar-refractivity contribution in [3.05, 3.63) is 119 Å². The van der Waals surface area contributed by atoms with Crippen LogP contribution < -0.4 is 26.8 Å². The quantitative estimate of drug-likeness (QED) is 0.00702. The summed E-state index contributed by atoms with van der Waals surface area (Å²) in [5.74, 6) is -7.36. The van der Waals surface area contributed by atoms with Crippen molar-refractivity contribution in [1.29, 1.82) is 0 Å². The van der Waals surface area contributed by atoms with E-state index in [0.29, 0.717) is 200 Å². The van der Waals surface area contributed by atoms with Gasteiger partial charge in [0.2, 0.25) is 11.7 Å². The zero-order valence-electron chi connectivity index (χ0n) is 74.9. The Balaban J connectivity index is 0.634. The van der Waals surface area contributed by atoms with E-state index in [0.717, 1.165) is 43.4 Å². The number of piperidine rings is 1. The largest absolute Gasteiger partial charge is 0.491 e. The van der Waals surface area contributed by atoms with Crippen LogP contribution in [0.25, 0.3) is 11.1 Å². The molecule has 8 rings (SSSR count). The number of thiocarbonyl (C=S) groups is 1. The average molecular weight is 1800 g/mol. The van der Waals surface area contributed by atoms with E-state index in [2.05, 4.69) is 15.6 Å². The fourth-order valence-electron chi connectivity index (χ4n) is 15.9. The number of thioether (sulfide) groups is 1. The topological polar surface area (TPSA) is 405 Å². The highest BCUT2D eigenvalue weighted by Gasteiger charge is 2.53. The monoisotopic (exact) mass is 1800 g/mol. The van der Waals surface area contributed by atoms with Crippen molar-refractivity contribution in [3.63, 3.8) is 0 Å². The summed E-state index contributed by atoms with van der Waals surface area (Å²) in [6.07, 6.45) is 10.3. The molecular weight excluding hydrogens is 1660 g/mol. The van der Waals surface area contributed by atoms with E-state index in [1.807, 2.05) is 98.5 Å². The number of Topliss-reactive ketones (excluding diaryl/α,β-unsaturated/α-hetero) is 3. The SMILES string of the molecule is CO[C@H]1C[C@@H]2CC[C@@H](C)[C@@](O)(O2)C(=O)C(=O)N2CCCC[C@H]2C(=O)O[C@H]([C@H](N)C[C@@H]2CC[C@@H](OC(=S)NCCOCCOCCOCCOCCOCCOCCOCCOCCC(=O)NCCSc3ccc(C(=O)N4CCOc5ccc(-c6ccc(N)nc6)cc5C4)c(C)c3)[C@H](OC)C2)CC(=O)[C@H](C)/C=C(\C)[C@@H](O)[C@@H](O)C(=O)[C@H](C)C[C@H](C)/C=C/C=C/C=C/1C. The lowest BCUT2D eigenvalue weighted by atomic mass is 9.80. The number of methoxy groups -OCH3 is 2. The Morgan fingerprint density at radius 1 is 0.698 bits per heavy atom. The molecule has 0 unspecified atom stereocenters. The maximum absolute atomic E-state index is 14.7. The second-order valence-electron chi connectivity index (χ2n) is 33.1. The number of aryl methyl sites for hydroxylation is 1. The number of nitrogens with zero attached hydrogens (tertiary/aromatic N) is 3. The number of benzene rings is 2. The van der Waals surface area contributed by atoms with E-state index < -0.39 is 108 Å². The molecule has 0 radical (unpaired) electrons. The van der Waals surface area contributed by atoms with Crippen molar-refractivity contribution in [2.24, 2.45) is 35.3 Å². The molecule has 2 bridgehead atoms. The molecule has 1 aliphatic carbocycles. The van der Waals surface area contributed by atoms with Crippen LogP contribution in [0.15, 0.2) is 107 Å². The minimum atomic E-state index is -2.50. The number of rotatable bonds is 39. The van der Waals surface area contributed by atoms with Crippen LogP contribution in [0.4, 0.5) is 5.82 Å². The predicted molar refractivity (Wildman–Crippen MR) is 479 cm³/mol. The number of aliphatic hydroxyl groups excluding tert-OH is 2. The van der Waals surface area contributed by atoms with Crippen molar-refractivity contribution < 1.29 is 115 Å². The number of cyclic esters (lactones) is 1. The molecular formula is C93H137N7O24S2. The fraction of sp³-hybridized carbons (Fsp3) is 0.645. The van der Waals surface area contributed by atoms with Gasteiger partial charge in [0.15, 0.2) is 5.78 Å². The number of anilines is 1. The van der Waals surface area contributed by atoms with E-state index >= 15 is 0 Å². The predicted octanol–water partition coefficient (Wildman–Crippen LogP) is 8.54. The zero-order chi connectivity index (χ0) is 90.9. The van der Waals surface area contributed by atoms with Gasteiger partial charge < -0.3 is 114 Å². The van der Waals surface area contributed by atoms with Crippen molar-refractivity contribution in [3.8, 4) is 16.9 Å². The smallest absolute Gasteiger partial charge is 0.329 e. The lowest BCUT2D eigenvalue weighted by molar-refractivity contribution is -0.265. The number of ether oxygens (including phenoxy) is 14. The van der Waals surface area contributed by atoms with Crippen LogP contribution in [0, 0.1) is 36.5 Å². The molecule has 4 aliphatic heterocycles. The summed E-state index contributed by atoms with van der Waals surface area (Å²) >= 11 is 7.19. The summed E-state index contributed by atoms with van der Waals surface area (Å²) in [6.45, 7) is 20.5. The van der Waals surface area contributed by atoms with Crippen LogP contribution in [0.5, 0.6) is 5.75 Å². The number of allylic oxidation sites excluding steroid dienone is 6. The third-order valence-electron chi connectivity index (χ3n) is 23.4. The van der Waals surface area contributed by atoms with Crippen LogP contribution in [-0.4, -0.2) is 295 Å². The summed E-state index contributed by atoms with van der Waals surface area (Å²) in [4.78, 5) is 106. The minimum absolute atomic E-state index is 0.0122. The first-order valence-corrected chi connectivity index (χ1v) is 45.8. The van der Waals surface area contributed by atoms with E-state index in [9.17, 15) is 48.9 Å². The molecule has 1 aromatic heterocycles. The molecule has 1 saturated carbocycles. The van der Waals surface area contributed by atoms with Gasteiger partial charge in [0, 0.05) is 117 Å². The second-order valence-corrected chi connectivity index (χ2v) is 34.6. The molecule has 15 atom stereocenters. The molecule has 5 heterocycles. The lowest BCUT2D eigenvalue weighted by Gasteiger charge is -2.42. The minimum Gasteiger partial charge on any atom is -0.491 e. The molecule has 2 saturated heterocycles. The van der Waals surface area contributed by atoms with Crippen LogP contribution in [-0.2, 0) is 96.9 Å². The number of ketones is 3. The first-order valence-electron chi connectivity index (χ1n) is 44.4. The molecule has 126 heavy (non-hydrogen) atoms. The molecule has 3 amide bonds.